The van der Waals surface area contributed by atoms with Crippen LogP contribution in [0.2, 0.25) is 0 Å². The van der Waals surface area contributed by atoms with Gasteiger partial charge in [0, 0.05) is 19.5 Å². The summed E-state index contributed by atoms with van der Waals surface area (Å²) in [5.74, 6) is -0.858. The Bertz CT molecular complexity index is 700. The quantitative estimate of drug-likeness (QED) is 0.808. The number of para-hydroxylation sites is 1. The number of benzene rings is 1. The minimum Gasteiger partial charge on any atom is -0.481 e. The molecule has 1 aliphatic rings. The molecule has 3 rings (SSSR count). The lowest BCUT2D eigenvalue weighted by Gasteiger charge is -2.34. The smallest absolute Gasteiger partial charge is 0.318 e. The molecule has 2 N–H and O–H groups in total. The lowest BCUT2D eigenvalue weighted by Crippen LogP contribution is -2.48. The van der Waals surface area contributed by atoms with Gasteiger partial charge >= 0.3 is 12.0 Å². The van der Waals surface area contributed by atoms with Crippen molar-refractivity contribution in [2.24, 2.45) is 0 Å². The van der Waals surface area contributed by atoms with Gasteiger partial charge < -0.3 is 20.1 Å². The van der Waals surface area contributed by atoms with Crippen LogP contribution in [0.15, 0.2) is 24.3 Å². The molecule has 0 saturated carbocycles. The zero-order valence-electron chi connectivity index (χ0n) is 13.1. The molecule has 1 aromatic heterocycles. The molecule has 0 radical (unpaired) electrons. The topological polar surface area (TPSA) is 91.8 Å². The number of urea groups is 1. The average Bonchev–Trinajstić information content (AvgIpc) is 3.02. The predicted octanol–water partition coefficient (Wildman–Crippen LogP) is 2.24. The zero-order chi connectivity index (χ0) is 16.9. The van der Waals surface area contributed by atoms with E-state index in [1.54, 1.807) is 16.2 Å². The summed E-state index contributed by atoms with van der Waals surface area (Å²) < 4.78 is 6.62. The molecule has 1 aromatic carbocycles. The van der Waals surface area contributed by atoms with Crippen molar-refractivity contribution in [1.29, 1.82) is 0 Å². The summed E-state index contributed by atoms with van der Waals surface area (Å²) in [6, 6.07) is 7.46. The number of hydrogen-bond donors (Lipinski definition) is 2. The zero-order valence-corrected chi connectivity index (χ0v) is 13.9. The molecule has 7 nitrogen and oxygen atoms in total. The number of rotatable bonds is 5. The van der Waals surface area contributed by atoms with E-state index in [9.17, 15) is 9.59 Å². The number of aliphatic carboxylic acids is 1. The molecule has 2 heterocycles. The van der Waals surface area contributed by atoms with Crippen molar-refractivity contribution in [3.63, 3.8) is 0 Å². The molecule has 0 spiro atoms. The van der Waals surface area contributed by atoms with E-state index in [1.807, 2.05) is 24.3 Å². The van der Waals surface area contributed by atoms with Gasteiger partial charge in [0.15, 0.2) is 0 Å². The summed E-state index contributed by atoms with van der Waals surface area (Å²) in [6.07, 6.45) is 0.460. The maximum Gasteiger partial charge on any atom is 0.318 e. The van der Waals surface area contributed by atoms with Crippen LogP contribution in [-0.4, -0.2) is 53.3 Å². The SMILES string of the molecule is O=C(O)CCCNC(=O)N1CCOCC1c1nc2ccccc2s1. The van der Waals surface area contributed by atoms with E-state index >= 15 is 0 Å². The fraction of sp³-hybridized carbons (Fsp3) is 0.438. The average molecular weight is 349 g/mol. The number of thiazole rings is 1. The number of carboxylic acid groups (broad SMARTS) is 1. The van der Waals surface area contributed by atoms with Gasteiger partial charge in [-0.25, -0.2) is 9.78 Å². The Morgan fingerprint density at radius 3 is 3.04 bits per heavy atom. The van der Waals surface area contributed by atoms with Crippen LogP contribution in [0.4, 0.5) is 4.79 Å². The third kappa shape index (κ3) is 3.82. The first-order chi connectivity index (χ1) is 11.6. The van der Waals surface area contributed by atoms with Crippen LogP contribution >= 0.6 is 11.3 Å². The fourth-order valence-corrected chi connectivity index (χ4v) is 3.69. The number of nitrogens with zero attached hydrogens (tertiary/aromatic N) is 2. The van der Waals surface area contributed by atoms with Gasteiger partial charge in [0.2, 0.25) is 0 Å². The normalized spacial score (nSPS) is 17.8. The monoisotopic (exact) mass is 349 g/mol. The molecule has 2 amide bonds. The van der Waals surface area contributed by atoms with E-state index in [0.717, 1.165) is 15.2 Å². The van der Waals surface area contributed by atoms with Crippen LogP contribution < -0.4 is 5.32 Å². The molecule has 8 heteroatoms. The van der Waals surface area contributed by atoms with Crippen molar-refractivity contribution in [2.45, 2.75) is 18.9 Å². The van der Waals surface area contributed by atoms with Gasteiger partial charge in [-0.1, -0.05) is 12.1 Å². The molecule has 0 aliphatic carbocycles. The summed E-state index contributed by atoms with van der Waals surface area (Å²) in [6.45, 7) is 1.74. The number of carboxylic acids is 1. The number of fused-ring (bicyclic) bond motifs is 1. The molecule has 128 valence electrons. The number of carbonyl (C=O) groups excluding carboxylic acids is 1. The van der Waals surface area contributed by atoms with Gasteiger partial charge in [0.1, 0.15) is 11.0 Å². The largest absolute Gasteiger partial charge is 0.481 e. The Hall–Kier alpha value is -2.19. The first-order valence-electron chi connectivity index (χ1n) is 7.84. The first kappa shape index (κ1) is 16.7. The molecular weight excluding hydrogens is 330 g/mol. The van der Waals surface area contributed by atoms with Crippen LogP contribution in [0.5, 0.6) is 0 Å². The Balaban J connectivity index is 1.68. The molecule has 1 aliphatic heterocycles. The van der Waals surface area contributed by atoms with Crippen molar-refractivity contribution >= 4 is 33.6 Å². The van der Waals surface area contributed by atoms with Gasteiger partial charge in [0.25, 0.3) is 0 Å². The van der Waals surface area contributed by atoms with Crippen molar-refractivity contribution in [1.82, 2.24) is 15.2 Å². The molecule has 1 saturated heterocycles. The predicted molar refractivity (Wildman–Crippen MR) is 90.2 cm³/mol. The second kappa shape index (κ2) is 7.59. The molecule has 1 fully saturated rings. The number of nitrogens with one attached hydrogen (secondary N) is 1. The summed E-state index contributed by atoms with van der Waals surface area (Å²) >= 11 is 1.57. The van der Waals surface area contributed by atoms with Crippen molar-refractivity contribution in [2.75, 3.05) is 26.3 Å². The van der Waals surface area contributed by atoms with E-state index in [-0.39, 0.29) is 18.5 Å². The van der Waals surface area contributed by atoms with E-state index in [1.165, 1.54) is 0 Å². The molecule has 1 unspecified atom stereocenters. The highest BCUT2D eigenvalue weighted by Crippen LogP contribution is 2.31. The van der Waals surface area contributed by atoms with Gasteiger partial charge in [0.05, 0.1) is 23.4 Å². The van der Waals surface area contributed by atoms with Gasteiger partial charge in [-0.15, -0.1) is 11.3 Å². The minimum atomic E-state index is -0.858. The molecule has 24 heavy (non-hydrogen) atoms. The lowest BCUT2D eigenvalue weighted by atomic mass is 10.2. The Morgan fingerprint density at radius 2 is 2.25 bits per heavy atom. The van der Waals surface area contributed by atoms with E-state index in [0.29, 0.717) is 32.7 Å². The van der Waals surface area contributed by atoms with E-state index in [4.69, 9.17) is 9.84 Å². The number of hydrogen-bond acceptors (Lipinski definition) is 5. The van der Waals surface area contributed by atoms with Gasteiger partial charge in [-0.05, 0) is 18.6 Å². The Labute approximate surface area is 143 Å². The van der Waals surface area contributed by atoms with Crippen molar-refractivity contribution in [3.8, 4) is 0 Å². The maximum atomic E-state index is 12.4. The van der Waals surface area contributed by atoms with Gasteiger partial charge in [-0.2, -0.15) is 0 Å². The Morgan fingerprint density at radius 1 is 1.42 bits per heavy atom. The van der Waals surface area contributed by atoms with Crippen molar-refractivity contribution in [3.05, 3.63) is 29.3 Å². The van der Waals surface area contributed by atoms with Crippen LogP contribution in [0.1, 0.15) is 23.9 Å². The van der Waals surface area contributed by atoms with Crippen LogP contribution in [0, 0.1) is 0 Å². The number of aromatic nitrogens is 1. The minimum absolute atomic E-state index is 0.0463. The molecular formula is C16H19N3O4S. The number of ether oxygens (including phenoxy) is 1. The molecule has 0 bridgehead atoms. The highest BCUT2D eigenvalue weighted by atomic mass is 32.1. The summed E-state index contributed by atoms with van der Waals surface area (Å²) in [7, 11) is 0. The maximum absolute atomic E-state index is 12.4. The first-order valence-corrected chi connectivity index (χ1v) is 8.66. The van der Waals surface area contributed by atoms with E-state index in [2.05, 4.69) is 10.3 Å². The number of carbonyl (C=O) groups is 2. The second-order valence-corrected chi connectivity index (χ2v) is 6.60. The van der Waals surface area contributed by atoms with Crippen molar-refractivity contribution < 1.29 is 19.4 Å². The van der Waals surface area contributed by atoms with Crippen LogP contribution in [-0.2, 0) is 9.53 Å². The standard InChI is InChI=1S/C16H19N3O4S/c20-14(21)6-3-7-17-16(22)19-8-9-23-10-12(19)15-18-11-4-1-2-5-13(11)24-15/h1-2,4-5,12H,3,6-10H2,(H,17,22)(H,20,21). The third-order valence-corrected chi connectivity index (χ3v) is 4.97. The second-order valence-electron chi connectivity index (χ2n) is 5.53. The summed E-state index contributed by atoms with van der Waals surface area (Å²) in [5.41, 5.74) is 0.921. The Kier molecular flexibility index (Phi) is 5.27. The van der Waals surface area contributed by atoms with E-state index < -0.39 is 5.97 Å². The third-order valence-electron chi connectivity index (χ3n) is 3.83. The summed E-state index contributed by atoms with van der Waals surface area (Å²) in [4.78, 5) is 29.3. The number of morpholine rings is 1. The molecule has 2 aromatic rings. The molecule has 1 atom stereocenters. The fourth-order valence-electron chi connectivity index (χ4n) is 2.62. The lowest BCUT2D eigenvalue weighted by molar-refractivity contribution is -0.137. The van der Waals surface area contributed by atoms with Crippen LogP contribution in [0.3, 0.4) is 0 Å². The number of amides is 2. The van der Waals surface area contributed by atoms with Crippen LogP contribution in [0.25, 0.3) is 10.2 Å². The summed E-state index contributed by atoms with van der Waals surface area (Å²) in [5, 5.41) is 12.3. The highest BCUT2D eigenvalue weighted by molar-refractivity contribution is 7.18. The highest BCUT2D eigenvalue weighted by Gasteiger charge is 2.30. The van der Waals surface area contributed by atoms with Gasteiger partial charge in [-0.3, -0.25) is 4.79 Å².